The second-order valence-electron chi connectivity index (χ2n) is 7.15. The van der Waals surface area contributed by atoms with Gasteiger partial charge in [0.2, 0.25) is 0 Å². The van der Waals surface area contributed by atoms with Crippen LogP contribution in [0.25, 0.3) is 27.3 Å². The molecule has 0 bridgehead atoms. The fourth-order valence-corrected chi connectivity index (χ4v) is 4.46. The van der Waals surface area contributed by atoms with E-state index in [2.05, 4.69) is 38.1 Å². The number of nitrogens with one attached hydrogen (secondary N) is 1. The van der Waals surface area contributed by atoms with Gasteiger partial charge in [-0.3, -0.25) is 4.79 Å². The second kappa shape index (κ2) is 8.33. The van der Waals surface area contributed by atoms with Gasteiger partial charge in [0.1, 0.15) is 16.3 Å². The lowest BCUT2D eigenvalue weighted by molar-refractivity contribution is 0.0946. The lowest BCUT2D eigenvalue weighted by Gasteiger charge is -2.08. The van der Waals surface area contributed by atoms with Crippen LogP contribution in [0.15, 0.2) is 66.3 Å². The van der Waals surface area contributed by atoms with E-state index in [0.29, 0.717) is 25.4 Å². The number of pyridine rings is 1. The second-order valence-corrected chi connectivity index (χ2v) is 8.01. The molecule has 1 amide bonds. The Balaban J connectivity index is 1.36. The van der Waals surface area contributed by atoms with Gasteiger partial charge in [0.25, 0.3) is 5.91 Å². The first-order valence-electron chi connectivity index (χ1n) is 9.97. The van der Waals surface area contributed by atoms with E-state index in [-0.39, 0.29) is 5.91 Å². The van der Waals surface area contributed by atoms with Gasteiger partial charge in [0.15, 0.2) is 0 Å². The Morgan fingerprint density at radius 1 is 1.16 bits per heavy atom. The number of methoxy groups -OCH3 is 1. The molecule has 7 nitrogen and oxygen atoms in total. The Hall–Kier alpha value is -3.49. The van der Waals surface area contributed by atoms with Crippen LogP contribution in [0.5, 0.6) is 0 Å². The molecule has 0 aliphatic heterocycles. The van der Waals surface area contributed by atoms with E-state index in [9.17, 15) is 4.79 Å². The molecule has 0 spiro atoms. The normalized spacial score (nSPS) is 11.4. The first-order valence-corrected chi connectivity index (χ1v) is 10.8. The highest BCUT2D eigenvalue weighted by Gasteiger charge is 2.17. The van der Waals surface area contributed by atoms with Gasteiger partial charge in [-0.05, 0) is 24.3 Å². The topological polar surface area (TPSA) is 73.5 Å². The predicted octanol–water partition coefficient (Wildman–Crippen LogP) is 3.99. The monoisotopic (exact) mass is 431 g/mol. The highest BCUT2D eigenvalue weighted by molar-refractivity contribution is 7.13. The van der Waals surface area contributed by atoms with Crippen LogP contribution in [-0.4, -0.2) is 38.6 Å². The van der Waals surface area contributed by atoms with Crippen molar-refractivity contribution in [3.63, 3.8) is 0 Å². The van der Waals surface area contributed by atoms with Crippen LogP contribution in [0, 0.1) is 0 Å². The van der Waals surface area contributed by atoms with Crippen LogP contribution in [0.1, 0.15) is 16.2 Å². The molecule has 1 aromatic carbocycles. The van der Waals surface area contributed by atoms with E-state index in [1.807, 2.05) is 47.1 Å². The summed E-state index contributed by atoms with van der Waals surface area (Å²) in [7, 11) is 1.69. The molecule has 0 unspecified atom stereocenters. The molecule has 5 aromatic rings. The number of aromatic nitrogens is 4. The van der Waals surface area contributed by atoms with E-state index < -0.39 is 0 Å². The summed E-state index contributed by atoms with van der Waals surface area (Å²) in [5, 5.41) is 6.67. The number of imidazole rings is 1. The van der Waals surface area contributed by atoms with Gasteiger partial charge in [-0.2, -0.15) is 0 Å². The molecule has 0 fully saturated rings. The van der Waals surface area contributed by atoms with E-state index >= 15 is 0 Å². The van der Waals surface area contributed by atoms with Crippen LogP contribution in [0.3, 0.4) is 0 Å². The minimum absolute atomic E-state index is 0.209. The maximum absolute atomic E-state index is 12.7. The average molecular weight is 432 g/mol. The van der Waals surface area contributed by atoms with Crippen LogP contribution >= 0.6 is 11.3 Å². The third-order valence-corrected chi connectivity index (χ3v) is 5.99. The smallest absolute Gasteiger partial charge is 0.271 e. The van der Waals surface area contributed by atoms with Crippen molar-refractivity contribution < 1.29 is 9.53 Å². The number of thiazole rings is 1. The van der Waals surface area contributed by atoms with Crippen LogP contribution in [0.2, 0.25) is 0 Å². The molecule has 0 radical (unpaired) electrons. The van der Waals surface area contributed by atoms with Gasteiger partial charge in [0, 0.05) is 42.3 Å². The maximum atomic E-state index is 12.7. The first kappa shape index (κ1) is 19.5. The molecular formula is C23H21N5O2S. The lowest BCUT2D eigenvalue weighted by atomic mass is 10.2. The molecule has 8 heteroatoms. The fraction of sp³-hybridized carbons (Fsp3) is 0.174. The van der Waals surface area contributed by atoms with Gasteiger partial charge < -0.3 is 19.0 Å². The van der Waals surface area contributed by atoms with Gasteiger partial charge >= 0.3 is 0 Å². The van der Waals surface area contributed by atoms with Crippen LogP contribution in [0.4, 0.5) is 0 Å². The maximum Gasteiger partial charge on any atom is 0.271 e. The number of hydrogen-bond donors (Lipinski definition) is 1. The summed E-state index contributed by atoms with van der Waals surface area (Å²) in [5.74, 6) is -0.209. The number of nitrogens with zero attached hydrogens (tertiary/aromatic N) is 4. The van der Waals surface area contributed by atoms with Crippen molar-refractivity contribution in [1.29, 1.82) is 0 Å². The Labute approximate surface area is 182 Å². The first-order chi connectivity index (χ1) is 15.2. The summed E-state index contributed by atoms with van der Waals surface area (Å²) in [5.41, 5.74) is 4.18. The fourth-order valence-electron chi connectivity index (χ4n) is 3.64. The third-order valence-electron chi connectivity index (χ3n) is 5.13. The molecule has 0 saturated carbocycles. The third kappa shape index (κ3) is 3.83. The van der Waals surface area contributed by atoms with Gasteiger partial charge in [0.05, 0.1) is 24.5 Å². The Bertz CT molecular complexity index is 1330. The quantitative estimate of drug-likeness (QED) is 0.423. The number of ether oxygens (including phenoxy) is 1. The Morgan fingerprint density at radius 3 is 2.90 bits per heavy atom. The van der Waals surface area contributed by atoms with E-state index in [4.69, 9.17) is 4.74 Å². The minimum atomic E-state index is -0.209. The molecule has 4 heterocycles. The van der Waals surface area contributed by atoms with Crippen LogP contribution < -0.4 is 5.32 Å². The van der Waals surface area contributed by atoms with Crippen molar-refractivity contribution in [1.82, 2.24) is 24.3 Å². The SMILES string of the molecule is COCCn1c(-c2nc(C(=O)NCc3cn4ccccc4n3)cs2)cc2ccccc21. The van der Waals surface area contributed by atoms with Crippen molar-refractivity contribution >= 4 is 33.8 Å². The van der Waals surface area contributed by atoms with E-state index in [0.717, 1.165) is 32.9 Å². The van der Waals surface area contributed by atoms with Crippen molar-refractivity contribution in [2.24, 2.45) is 0 Å². The van der Waals surface area contributed by atoms with Gasteiger partial charge in [-0.1, -0.05) is 24.3 Å². The number of amides is 1. The number of carbonyl (C=O) groups excluding carboxylic acids is 1. The summed E-state index contributed by atoms with van der Waals surface area (Å²) in [6.45, 7) is 1.67. The number of benzene rings is 1. The number of carbonyl (C=O) groups is 1. The zero-order valence-electron chi connectivity index (χ0n) is 17.0. The molecule has 156 valence electrons. The van der Waals surface area contributed by atoms with E-state index in [1.54, 1.807) is 12.5 Å². The Morgan fingerprint density at radius 2 is 2.03 bits per heavy atom. The zero-order valence-corrected chi connectivity index (χ0v) is 17.8. The number of para-hydroxylation sites is 1. The van der Waals surface area contributed by atoms with E-state index in [1.165, 1.54) is 11.3 Å². The molecule has 0 aliphatic rings. The largest absolute Gasteiger partial charge is 0.383 e. The molecule has 0 aliphatic carbocycles. The molecular weight excluding hydrogens is 410 g/mol. The molecule has 0 saturated heterocycles. The number of hydrogen-bond acceptors (Lipinski definition) is 5. The lowest BCUT2D eigenvalue weighted by Crippen LogP contribution is -2.23. The molecule has 4 aromatic heterocycles. The standard InChI is InChI=1S/C23H21N5O2S/c1-30-11-10-28-19-7-3-2-6-16(19)12-20(28)23-26-18(15-31-23)22(29)24-13-17-14-27-9-5-4-8-21(27)25-17/h2-9,12,14-15H,10-11,13H2,1H3,(H,24,29). The minimum Gasteiger partial charge on any atom is -0.383 e. The number of fused-ring (bicyclic) bond motifs is 2. The van der Waals surface area contributed by atoms with Gasteiger partial charge in [-0.25, -0.2) is 9.97 Å². The summed E-state index contributed by atoms with van der Waals surface area (Å²) in [6, 6.07) is 16.1. The number of rotatable bonds is 7. The summed E-state index contributed by atoms with van der Waals surface area (Å²) >= 11 is 1.47. The molecule has 1 N–H and O–H groups in total. The highest BCUT2D eigenvalue weighted by atomic mass is 32.1. The molecule has 0 atom stereocenters. The molecule has 31 heavy (non-hydrogen) atoms. The Kier molecular flexibility index (Phi) is 5.23. The van der Waals surface area contributed by atoms with Crippen molar-refractivity contribution in [2.45, 2.75) is 13.1 Å². The van der Waals surface area contributed by atoms with Crippen molar-refractivity contribution in [3.05, 3.63) is 77.7 Å². The van der Waals surface area contributed by atoms with Gasteiger partial charge in [-0.15, -0.1) is 11.3 Å². The summed E-state index contributed by atoms with van der Waals surface area (Å²) in [6.07, 6.45) is 3.85. The van der Waals surface area contributed by atoms with Crippen molar-refractivity contribution in [3.8, 4) is 10.7 Å². The average Bonchev–Trinajstić information content (AvgIpc) is 3.52. The van der Waals surface area contributed by atoms with Crippen LogP contribution in [-0.2, 0) is 17.8 Å². The summed E-state index contributed by atoms with van der Waals surface area (Å²) < 4.78 is 9.41. The highest BCUT2D eigenvalue weighted by Crippen LogP contribution is 2.30. The van der Waals surface area contributed by atoms with Crippen molar-refractivity contribution in [2.75, 3.05) is 13.7 Å². The predicted molar refractivity (Wildman–Crippen MR) is 121 cm³/mol. The molecule has 5 rings (SSSR count). The summed E-state index contributed by atoms with van der Waals surface area (Å²) in [4.78, 5) is 21.8. The zero-order chi connectivity index (χ0) is 21.2.